The molecular formula is C51H100N2O7. The molecule has 3 atom stereocenters. The van der Waals surface area contributed by atoms with Crippen LogP contribution in [0.3, 0.4) is 0 Å². The fourth-order valence-electron chi connectivity index (χ4n) is 8.51. The highest BCUT2D eigenvalue weighted by atomic mass is 16.7. The van der Waals surface area contributed by atoms with E-state index in [1.165, 1.54) is 103 Å². The molecule has 1 saturated heterocycles. The van der Waals surface area contributed by atoms with Gasteiger partial charge in [0.1, 0.15) is 6.10 Å². The van der Waals surface area contributed by atoms with Gasteiger partial charge >= 0.3 is 12.1 Å². The Labute approximate surface area is 371 Å². The zero-order chi connectivity index (χ0) is 43.6. The fourth-order valence-corrected chi connectivity index (χ4v) is 8.51. The Bertz CT molecular complexity index is 933. The summed E-state index contributed by atoms with van der Waals surface area (Å²) in [6, 6.07) is 0. The molecule has 9 nitrogen and oxygen atoms in total. The summed E-state index contributed by atoms with van der Waals surface area (Å²) < 4.78 is 22.7. The third-order valence-electron chi connectivity index (χ3n) is 12.4. The number of nitrogens with zero attached hydrogens (tertiary/aromatic N) is 2. The first-order valence-corrected chi connectivity index (χ1v) is 26.1. The fraction of sp³-hybridized carbons (Fsp3) is 0.961. The van der Waals surface area contributed by atoms with Crippen LogP contribution in [0.25, 0.3) is 0 Å². The largest absolute Gasteiger partial charge is 0.508 e. The first-order chi connectivity index (χ1) is 29.4. The van der Waals surface area contributed by atoms with E-state index in [1.807, 2.05) is 0 Å². The lowest BCUT2D eigenvalue weighted by atomic mass is 9.94. The van der Waals surface area contributed by atoms with Crippen LogP contribution in [-0.4, -0.2) is 105 Å². The van der Waals surface area contributed by atoms with Crippen molar-refractivity contribution in [2.75, 3.05) is 65.7 Å². The molecule has 0 bridgehead atoms. The average molecular weight is 853 g/mol. The maximum atomic E-state index is 13.1. The molecule has 9 heteroatoms. The van der Waals surface area contributed by atoms with E-state index in [-0.39, 0.29) is 24.1 Å². The lowest BCUT2D eigenvalue weighted by molar-refractivity contribution is -0.149. The molecule has 0 amide bonds. The van der Waals surface area contributed by atoms with E-state index < -0.39 is 6.16 Å². The topological polar surface area (TPSA) is 97.8 Å². The highest BCUT2D eigenvalue weighted by Crippen LogP contribution is 2.21. The summed E-state index contributed by atoms with van der Waals surface area (Å²) in [5.41, 5.74) is 0. The SMILES string of the molecule is CCCCCCCCC(CCCCCC)OC(=O)OCCCCCCN(CCCCCCOC(=O)C(CCCCCC)CCCCCCCC)CC(O)CN1CCOCC1. The Morgan fingerprint density at radius 3 is 1.48 bits per heavy atom. The molecule has 1 heterocycles. The van der Waals surface area contributed by atoms with Crippen LogP contribution >= 0.6 is 0 Å². The second-order valence-corrected chi connectivity index (χ2v) is 18.2. The van der Waals surface area contributed by atoms with Gasteiger partial charge in [0.05, 0.1) is 38.4 Å². The number of aliphatic hydroxyl groups is 1. The molecule has 0 aromatic heterocycles. The highest BCUT2D eigenvalue weighted by molar-refractivity contribution is 5.72. The van der Waals surface area contributed by atoms with Gasteiger partial charge in [0.2, 0.25) is 0 Å². The minimum atomic E-state index is -0.495. The first kappa shape index (κ1) is 56.6. The Morgan fingerprint density at radius 1 is 0.550 bits per heavy atom. The second-order valence-electron chi connectivity index (χ2n) is 18.2. The van der Waals surface area contributed by atoms with Crippen LogP contribution in [0, 0.1) is 5.92 Å². The Morgan fingerprint density at radius 2 is 0.967 bits per heavy atom. The molecule has 1 N–H and O–H groups in total. The van der Waals surface area contributed by atoms with Gasteiger partial charge in [-0.25, -0.2) is 4.79 Å². The van der Waals surface area contributed by atoms with Gasteiger partial charge < -0.3 is 29.0 Å². The summed E-state index contributed by atoms with van der Waals surface area (Å²) in [6.07, 6.45) is 35.6. The summed E-state index contributed by atoms with van der Waals surface area (Å²) in [7, 11) is 0. The standard InChI is InChI=1S/C51H100N2O7/c1-5-9-13-17-19-26-34-47(33-25-15-11-7-3)50(55)58-41-31-23-21-29-37-52(45-48(54)46-53-39-43-57-44-40-53)38-30-22-24-32-42-59-51(56)60-49(35-27-16-12-8-4)36-28-20-18-14-10-6-2/h47-49,54H,5-46H2,1-4H3. The molecule has 0 radical (unpaired) electrons. The number of ether oxygens (including phenoxy) is 4. The van der Waals surface area contributed by atoms with E-state index in [0.29, 0.717) is 26.3 Å². The number of aliphatic hydroxyl groups excluding tert-OH is 1. The van der Waals surface area contributed by atoms with E-state index in [0.717, 1.165) is 142 Å². The average Bonchev–Trinajstić information content (AvgIpc) is 3.24. The predicted molar refractivity (Wildman–Crippen MR) is 251 cm³/mol. The molecule has 60 heavy (non-hydrogen) atoms. The summed E-state index contributed by atoms with van der Waals surface area (Å²) in [5.74, 6) is 0.101. The Hall–Kier alpha value is -1.42. The summed E-state index contributed by atoms with van der Waals surface area (Å²) in [4.78, 5) is 30.4. The van der Waals surface area contributed by atoms with Crippen molar-refractivity contribution in [1.82, 2.24) is 9.80 Å². The molecule has 0 saturated carbocycles. The number of hydrogen-bond donors (Lipinski definition) is 1. The van der Waals surface area contributed by atoms with Crippen molar-refractivity contribution in [3.63, 3.8) is 0 Å². The number of carbonyl (C=O) groups excluding carboxylic acids is 2. The van der Waals surface area contributed by atoms with Crippen molar-refractivity contribution in [3.05, 3.63) is 0 Å². The van der Waals surface area contributed by atoms with Crippen LogP contribution < -0.4 is 0 Å². The minimum Gasteiger partial charge on any atom is -0.465 e. The quantitative estimate of drug-likeness (QED) is 0.0474. The summed E-state index contributed by atoms with van der Waals surface area (Å²) in [6.45, 7) is 16.4. The van der Waals surface area contributed by atoms with Crippen LogP contribution in [0.2, 0.25) is 0 Å². The summed E-state index contributed by atoms with van der Waals surface area (Å²) in [5, 5.41) is 11.0. The first-order valence-electron chi connectivity index (χ1n) is 26.1. The lowest BCUT2D eigenvalue weighted by Crippen LogP contribution is -2.45. The van der Waals surface area contributed by atoms with Gasteiger partial charge in [0.25, 0.3) is 0 Å². The van der Waals surface area contributed by atoms with Crippen molar-refractivity contribution in [1.29, 1.82) is 0 Å². The van der Waals surface area contributed by atoms with E-state index in [2.05, 4.69) is 37.5 Å². The number of hydrogen-bond acceptors (Lipinski definition) is 9. The highest BCUT2D eigenvalue weighted by Gasteiger charge is 2.20. The van der Waals surface area contributed by atoms with Gasteiger partial charge in [-0.2, -0.15) is 0 Å². The van der Waals surface area contributed by atoms with Crippen LogP contribution in [0.15, 0.2) is 0 Å². The van der Waals surface area contributed by atoms with Gasteiger partial charge in [-0.15, -0.1) is 0 Å². The van der Waals surface area contributed by atoms with E-state index in [4.69, 9.17) is 18.9 Å². The van der Waals surface area contributed by atoms with Crippen molar-refractivity contribution < 1.29 is 33.6 Å². The molecule has 3 unspecified atom stereocenters. The molecule has 356 valence electrons. The monoisotopic (exact) mass is 853 g/mol. The number of rotatable bonds is 44. The van der Waals surface area contributed by atoms with Crippen molar-refractivity contribution in [2.45, 2.75) is 245 Å². The van der Waals surface area contributed by atoms with Gasteiger partial charge in [0, 0.05) is 26.2 Å². The molecular weight excluding hydrogens is 753 g/mol. The van der Waals surface area contributed by atoms with E-state index in [9.17, 15) is 14.7 Å². The molecule has 1 aliphatic heterocycles. The van der Waals surface area contributed by atoms with Gasteiger partial charge in [-0.3, -0.25) is 9.69 Å². The molecule has 0 aliphatic carbocycles. The zero-order valence-electron chi connectivity index (χ0n) is 40.2. The number of esters is 1. The van der Waals surface area contributed by atoms with E-state index in [1.54, 1.807) is 0 Å². The maximum Gasteiger partial charge on any atom is 0.508 e. The van der Waals surface area contributed by atoms with Gasteiger partial charge in [-0.1, -0.05) is 169 Å². The Balaban J connectivity index is 2.43. The molecule has 0 aromatic rings. The van der Waals surface area contributed by atoms with E-state index >= 15 is 0 Å². The van der Waals surface area contributed by atoms with Crippen molar-refractivity contribution >= 4 is 12.1 Å². The molecule has 0 aromatic carbocycles. The van der Waals surface area contributed by atoms with Gasteiger partial charge in [-0.05, 0) is 77.3 Å². The Kier molecular flexibility index (Phi) is 40.4. The maximum absolute atomic E-state index is 13.1. The summed E-state index contributed by atoms with van der Waals surface area (Å²) >= 11 is 0. The minimum absolute atomic E-state index is 0.0233. The van der Waals surface area contributed by atoms with Crippen LogP contribution in [-0.2, 0) is 23.7 Å². The van der Waals surface area contributed by atoms with Crippen molar-refractivity contribution in [3.8, 4) is 0 Å². The molecule has 0 spiro atoms. The van der Waals surface area contributed by atoms with Crippen LogP contribution in [0.4, 0.5) is 4.79 Å². The zero-order valence-corrected chi connectivity index (χ0v) is 40.2. The third kappa shape index (κ3) is 35.1. The van der Waals surface area contributed by atoms with Crippen LogP contribution in [0.5, 0.6) is 0 Å². The predicted octanol–water partition coefficient (Wildman–Crippen LogP) is 13.2. The third-order valence-corrected chi connectivity index (χ3v) is 12.4. The smallest absolute Gasteiger partial charge is 0.465 e. The normalized spacial score (nSPS) is 15.0. The molecule has 1 aliphatic rings. The number of unbranched alkanes of at least 4 members (excludes halogenated alkanes) is 22. The molecule has 1 rings (SSSR count). The number of β-amino-alcohol motifs (C(OH)–C–C–N with tert-alkyl or cyclic N) is 1. The van der Waals surface area contributed by atoms with Crippen LogP contribution in [0.1, 0.15) is 233 Å². The number of carbonyl (C=O) groups is 2. The second kappa shape index (κ2) is 42.9. The number of morpholine rings is 1. The lowest BCUT2D eigenvalue weighted by Gasteiger charge is -2.31. The van der Waals surface area contributed by atoms with Gasteiger partial charge in [0.15, 0.2) is 0 Å². The molecule has 1 fully saturated rings. The van der Waals surface area contributed by atoms with Crippen molar-refractivity contribution in [2.24, 2.45) is 5.92 Å².